The third-order valence-corrected chi connectivity index (χ3v) is 6.90. The zero-order valence-corrected chi connectivity index (χ0v) is 22.5. The molecule has 38 heavy (non-hydrogen) atoms. The molecule has 0 amide bonds. The highest BCUT2D eigenvalue weighted by Gasteiger charge is 2.19. The van der Waals surface area contributed by atoms with Gasteiger partial charge in [-0.1, -0.05) is 30.4 Å². The standard InChI is InChI=1S/C31H38N4O3/c1-24(2)35-28-10-11-30(38-19-16-34-14-3-4-15-34)27(21-28)23-37-18-6-5-17-36-22-25-8-7-9-26(20-25)29-12-13-32-31(35)33-29/h5-13,20-21,24H,3-4,14-19,22-23H2,1-2H3/b6-5+. The summed E-state index contributed by atoms with van der Waals surface area (Å²) in [6.07, 6.45) is 8.42. The van der Waals surface area contributed by atoms with Crippen LogP contribution in [0.2, 0.25) is 0 Å². The van der Waals surface area contributed by atoms with E-state index in [1.807, 2.05) is 30.5 Å². The van der Waals surface area contributed by atoms with Crippen molar-refractivity contribution >= 4 is 11.6 Å². The van der Waals surface area contributed by atoms with Crippen molar-refractivity contribution in [2.45, 2.75) is 45.9 Å². The zero-order chi connectivity index (χ0) is 26.2. The highest BCUT2D eigenvalue weighted by atomic mass is 16.5. The van der Waals surface area contributed by atoms with Crippen LogP contribution in [0.1, 0.15) is 37.8 Å². The van der Waals surface area contributed by atoms with Crippen LogP contribution in [0, 0.1) is 0 Å². The second kappa shape index (κ2) is 13.0. The lowest BCUT2D eigenvalue weighted by atomic mass is 10.1. The van der Waals surface area contributed by atoms with Crippen LogP contribution < -0.4 is 9.64 Å². The molecule has 6 bridgehead atoms. The minimum atomic E-state index is 0.147. The van der Waals surface area contributed by atoms with Crippen molar-refractivity contribution in [2.75, 3.05) is 44.4 Å². The summed E-state index contributed by atoms with van der Waals surface area (Å²) in [6, 6.07) is 16.8. The van der Waals surface area contributed by atoms with Gasteiger partial charge in [0, 0.05) is 35.6 Å². The molecule has 2 aromatic carbocycles. The van der Waals surface area contributed by atoms with E-state index in [2.05, 4.69) is 65.0 Å². The maximum atomic E-state index is 6.27. The minimum absolute atomic E-state index is 0.147. The number of fused-ring (bicyclic) bond motifs is 7. The summed E-state index contributed by atoms with van der Waals surface area (Å²) in [7, 11) is 0. The van der Waals surface area contributed by atoms with Crippen LogP contribution in [0.3, 0.4) is 0 Å². The van der Waals surface area contributed by atoms with Crippen molar-refractivity contribution in [1.29, 1.82) is 0 Å². The van der Waals surface area contributed by atoms with Crippen LogP contribution in [0.25, 0.3) is 11.3 Å². The number of aromatic nitrogens is 2. The molecule has 3 heterocycles. The first-order chi connectivity index (χ1) is 18.7. The molecule has 0 N–H and O–H groups in total. The van der Waals surface area contributed by atoms with Gasteiger partial charge in [0.2, 0.25) is 5.95 Å². The van der Waals surface area contributed by atoms with E-state index in [1.165, 1.54) is 25.9 Å². The van der Waals surface area contributed by atoms with Crippen LogP contribution in [0.5, 0.6) is 5.75 Å². The van der Waals surface area contributed by atoms with E-state index in [0.717, 1.165) is 40.4 Å². The van der Waals surface area contributed by atoms with E-state index >= 15 is 0 Å². The van der Waals surface area contributed by atoms with Crippen LogP contribution in [0.4, 0.5) is 11.6 Å². The van der Waals surface area contributed by atoms with E-state index in [1.54, 1.807) is 0 Å². The Morgan fingerprint density at radius 3 is 2.58 bits per heavy atom. The average Bonchev–Trinajstić information content (AvgIpc) is 3.45. The van der Waals surface area contributed by atoms with E-state index in [-0.39, 0.29) is 6.04 Å². The summed E-state index contributed by atoms with van der Waals surface area (Å²) in [5.74, 6) is 1.53. The van der Waals surface area contributed by atoms with Gasteiger partial charge in [-0.25, -0.2) is 9.97 Å². The maximum absolute atomic E-state index is 6.27. The Kier molecular flexibility index (Phi) is 9.02. The quantitative estimate of drug-likeness (QED) is 0.401. The summed E-state index contributed by atoms with van der Waals surface area (Å²) in [4.78, 5) is 14.3. The third kappa shape index (κ3) is 6.78. The normalized spacial score (nSPS) is 17.7. The Balaban J connectivity index is 1.46. The van der Waals surface area contributed by atoms with Crippen molar-refractivity contribution in [1.82, 2.24) is 14.9 Å². The molecular weight excluding hydrogens is 476 g/mol. The second-order valence-electron chi connectivity index (χ2n) is 10.1. The molecule has 0 aliphatic carbocycles. The Morgan fingerprint density at radius 2 is 1.76 bits per heavy atom. The number of ether oxygens (including phenoxy) is 3. The summed E-state index contributed by atoms with van der Waals surface area (Å²) >= 11 is 0. The lowest BCUT2D eigenvalue weighted by Crippen LogP contribution is -2.27. The average molecular weight is 515 g/mol. The fourth-order valence-electron chi connectivity index (χ4n) is 4.97. The van der Waals surface area contributed by atoms with Gasteiger partial charge in [0.15, 0.2) is 0 Å². The van der Waals surface area contributed by atoms with Gasteiger partial charge in [-0.3, -0.25) is 4.90 Å². The van der Waals surface area contributed by atoms with E-state index in [0.29, 0.717) is 39.0 Å². The minimum Gasteiger partial charge on any atom is -0.492 e. The summed E-state index contributed by atoms with van der Waals surface area (Å²) < 4.78 is 18.2. The first kappa shape index (κ1) is 26.4. The van der Waals surface area contributed by atoms with Gasteiger partial charge in [0.25, 0.3) is 0 Å². The Hall–Kier alpha value is -3.26. The van der Waals surface area contributed by atoms with Gasteiger partial charge in [-0.15, -0.1) is 0 Å². The number of anilines is 2. The Bertz CT molecular complexity index is 1220. The fourth-order valence-corrected chi connectivity index (χ4v) is 4.97. The topological polar surface area (TPSA) is 60.0 Å². The fraction of sp³-hybridized carbons (Fsp3) is 0.419. The maximum Gasteiger partial charge on any atom is 0.230 e. The number of rotatable bonds is 5. The molecule has 7 nitrogen and oxygen atoms in total. The van der Waals surface area contributed by atoms with Crippen LogP contribution >= 0.6 is 0 Å². The summed E-state index contributed by atoms with van der Waals surface area (Å²) in [5.41, 5.74) is 5.07. The monoisotopic (exact) mass is 514 g/mol. The third-order valence-electron chi connectivity index (χ3n) is 6.90. The number of benzene rings is 2. The summed E-state index contributed by atoms with van der Waals surface area (Å²) in [6.45, 7) is 10.3. The van der Waals surface area contributed by atoms with Gasteiger partial charge >= 0.3 is 0 Å². The highest BCUT2D eigenvalue weighted by molar-refractivity contribution is 5.65. The molecule has 0 atom stereocenters. The second-order valence-corrected chi connectivity index (χ2v) is 10.1. The van der Waals surface area contributed by atoms with E-state index in [9.17, 15) is 0 Å². The Labute approximate surface area is 226 Å². The van der Waals surface area contributed by atoms with E-state index in [4.69, 9.17) is 19.2 Å². The SMILES string of the molecule is CC(C)N1c2ccc(OCCN3CCCC3)c(c2)COC/C=C/COCc2cccc(c2)-c2ccnc1n2. The Morgan fingerprint density at radius 1 is 0.947 bits per heavy atom. The van der Waals surface area contributed by atoms with Crippen LogP contribution in [-0.2, 0) is 22.7 Å². The van der Waals surface area contributed by atoms with E-state index < -0.39 is 0 Å². The molecule has 1 aromatic heterocycles. The predicted molar refractivity (Wildman–Crippen MR) is 151 cm³/mol. The molecule has 5 rings (SSSR count). The van der Waals surface area contributed by atoms with Crippen molar-refractivity contribution in [3.8, 4) is 17.0 Å². The molecule has 0 radical (unpaired) electrons. The van der Waals surface area contributed by atoms with Gasteiger partial charge in [0.1, 0.15) is 12.4 Å². The molecule has 1 fully saturated rings. The van der Waals surface area contributed by atoms with Crippen molar-refractivity contribution in [3.63, 3.8) is 0 Å². The number of hydrogen-bond donors (Lipinski definition) is 0. The van der Waals surface area contributed by atoms with Crippen molar-refractivity contribution < 1.29 is 14.2 Å². The van der Waals surface area contributed by atoms with Crippen molar-refractivity contribution in [3.05, 3.63) is 78.0 Å². The smallest absolute Gasteiger partial charge is 0.230 e. The van der Waals surface area contributed by atoms with Gasteiger partial charge in [0.05, 0.1) is 32.1 Å². The molecule has 1 saturated heterocycles. The van der Waals surface area contributed by atoms with Crippen LogP contribution in [0.15, 0.2) is 66.9 Å². The number of nitrogens with zero attached hydrogens (tertiary/aromatic N) is 4. The highest BCUT2D eigenvalue weighted by Crippen LogP contribution is 2.32. The summed E-state index contributed by atoms with van der Waals surface area (Å²) in [5, 5.41) is 0. The van der Waals surface area contributed by atoms with Gasteiger partial charge in [-0.2, -0.15) is 0 Å². The molecule has 0 spiro atoms. The molecule has 2 aliphatic rings. The molecule has 2 aliphatic heterocycles. The first-order valence-electron chi connectivity index (χ1n) is 13.7. The molecule has 200 valence electrons. The number of likely N-dealkylation sites (tertiary alicyclic amines) is 1. The van der Waals surface area contributed by atoms with Crippen LogP contribution in [-0.4, -0.2) is 60.4 Å². The molecular formula is C31H38N4O3. The first-order valence-corrected chi connectivity index (χ1v) is 13.7. The lowest BCUT2D eigenvalue weighted by molar-refractivity contribution is 0.138. The van der Waals surface area contributed by atoms with Gasteiger partial charge < -0.3 is 19.1 Å². The largest absolute Gasteiger partial charge is 0.492 e. The molecule has 7 heteroatoms. The predicted octanol–water partition coefficient (Wildman–Crippen LogP) is 5.77. The molecule has 3 aromatic rings. The number of hydrogen-bond acceptors (Lipinski definition) is 7. The molecule has 0 saturated carbocycles. The molecule has 0 unspecified atom stereocenters. The van der Waals surface area contributed by atoms with Crippen molar-refractivity contribution in [2.24, 2.45) is 0 Å². The zero-order valence-electron chi connectivity index (χ0n) is 22.5. The lowest BCUT2D eigenvalue weighted by Gasteiger charge is -2.28. The van der Waals surface area contributed by atoms with Gasteiger partial charge in [-0.05, 0) is 75.7 Å².